The molecule has 0 fully saturated rings. The van der Waals surface area contributed by atoms with Gasteiger partial charge in [0.05, 0.1) is 10.6 Å². The van der Waals surface area contributed by atoms with Gasteiger partial charge in [-0.25, -0.2) is 8.78 Å². The van der Waals surface area contributed by atoms with Crippen LogP contribution in [0.25, 0.3) is 0 Å². The normalized spacial score (nSPS) is 12.4. The third kappa shape index (κ3) is 3.64. The van der Waals surface area contributed by atoms with E-state index in [2.05, 4.69) is 15.9 Å². The molecule has 4 heteroatoms. The van der Waals surface area contributed by atoms with E-state index < -0.39 is 17.7 Å². The number of aliphatic hydroxyl groups excluding tert-OH is 1. The van der Waals surface area contributed by atoms with Crippen molar-refractivity contribution in [1.29, 1.82) is 0 Å². The van der Waals surface area contributed by atoms with Crippen molar-refractivity contribution in [2.75, 3.05) is 0 Å². The summed E-state index contributed by atoms with van der Waals surface area (Å²) in [4.78, 5) is 0. The van der Waals surface area contributed by atoms with Crippen molar-refractivity contribution in [2.45, 2.75) is 25.4 Å². The number of aryl methyl sites for hydroxylation is 1. The van der Waals surface area contributed by atoms with Gasteiger partial charge < -0.3 is 5.11 Å². The number of rotatable bonds is 5. The summed E-state index contributed by atoms with van der Waals surface area (Å²) in [6.07, 6.45) is 1.32. The summed E-state index contributed by atoms with van der Waals surface area (Å²) in [5.41, 5.74) is 1.58. The maximum absolute atomic E-state index is 13.4. The number of benzene rings is 2. The van der Waals surface area contributed by atoms with Gasteiger partial charge in [-0.3, -0.25) is 0 Å². The highest BCUT2D eigenvalue weighted by Crippen LogP contribution is 2.30. The second kappa shape index (κ2) is 6.95. The molecule has 0 amide bonds. The Morgan fingerprint density at radius 2 is 1.75 bits per heavy atom. The van der Waals surface area contributed by atoms with Crippen LogP contribution < -0.4 is 0 Å². The van der Waals surface area contributed by atoms with Gasteiger partial charge in [0, 0.05) is 0 Å². The monoisotopic (exact) mass is 340 g/mol. The lowest BCUT2D eigenvalue weighted by Crippen LogP contribution is -2.02. The van der Waals surface area contributed by atoms with Gasteiger partial charge >= 0.3 is 0 Å². The van der Waals surface area contributed by atoms with Gasteiger partial charge in [-0.1, -0.05) is 36.4 Å². The van der Waals surface area contributed by atoms with E-state index in [-0.39, 0.29) is 4.47 Å². The first-order valence-corrected chi connectivity index (χ1v) is 7.24. The van der Waals surface area contributed by atoms with E-state index in [4.69, 9.17) is 0 Å². The predicted molar refractivity (Wildman–Crippen MR) is 78.4 cm³/mol. The van der Waals surface area contributed by atoms with Crippen molar-refractivity contribution in [2.24, 2.45) is 0 Å². The number of hydrogen-bond acceptors (Lipinski definition) is 1. The fraction of sp³-hybridized carbons (Fsp3) is 0.250. The highest BCUT2D eigenvalue weighted by molar-refractivity contribution is 9.10. The molecule has 1 unspecified atom stereocenters. The van der Waals surface area contributed by atoms with Crippen LogP contribution in [0.15, 0.2) is 46.9 Å². The van der Waals surface area contributed by atoms with Crippen molar-refractivity contribution in [3.63, 3.8) is 0 Å². The highest BCUT2D eigenvalue weighted by atomic mass is 79.9. The van der Waals surface area contributed by atoms with Gasteiger partial charge in [-0.2, -0.15) is 0 Å². The topological polar surface area (TPSA) is 20.2 Å². The smallest absolute Gasteiger partial charge is 0.173 e. The first-order valence-electron chi connectivity index (χ1n) is 6.45. The Hall–Kier alpha value is -1.26. The van der Waals surface area contributed by atoms with Crippen LogP contribution in [-0.2, 0) is 6.42 Å². The summed E-state index contributed by atoms with van der Waals surface area (Å²) in [7, 11) is 0. The Labute approximate surface area is 125 Å². The largest absolute Gasteiger partial charge is 0.388 e. The summed E-state index contributed by atoms with van der Waals surface area (Å²) in [5.74, 6) is -1.87. The molecule has 1 atom stereocenters. The van der Waals surface area contributed by atoms with E-state index in [1.165, 1.54) is 11.6 Å². The van der Waals surface area contributed by atoms with E-state index in [1.807, 2.05) is 30.3 Å². The van der Waals surface area contributed by atoms with Crippen molar-refractivity contribution < 1.29 is 13.9 Å². The lowest BCUT2D eigenvalue weighted by Gasteiger charge is -2.13. The standard InChI is InChI=1S/C16H15BrF2O/c17-15-12(9-10-13(18)16(15)19)14(20)8-4-7-11-5-2-1-3-6-11/h1-3,5-6,9-10,14,20H,4,7-8H2. The molecular weight excluding hydrogens is 326 g/mol. The molecule has 2 rings (SSSR count). The summed E-state index contributed by atoms with van der Waals surface area (Å²) >= 11 is 2.99. The van der Waals surface area contributed by atoms with Gasteiger partial charge in [-0.15, -0.1) is 0 Å². The van der Waals surface area contributed by atoms with E-state index in [1.54, 1.807) is 0 Å². The second-order valence-corrected chi connectivity index (χ2v) is 5.45. The minimum atomic E-state index is -0.954. The Kier molecular flexibility index (Phi) is 5.26. The lowest BCUT2D eigenvalue weighted by atomic mass is 10.0. The molecule has 0 heterocycles. The Bertz CT molecular complexity index is 572. The molecule has 0 aromatic heterocycles. The molecule has 0 aliphatic rings. The molecule has 20 heavy (non-hydrogen) atoms. The number of hydrogen-bond donors (Lipinski definition) is 1. The Balaban J connectivity index is 1.95. The lowest BCUT2D eigenvalue weighted by molar-refractivity contribution is 0.163. The summed E-state index contributed by atoms with van der Waals surface area (Å²) in [5, 5.41) is 10.1. The van der Waals surface area contributed by atoms with E-state index in [9.17, 15) is 13.9 Å². The molecule has 106 valence electrons. The summed E-state index contributed by atoms with van der Waals surface area (Å²) < 4.78 is 26.4. The zero-order chi connectivity index (χ0) is 14.5. The molecule has 2 aromatic rings. The van der Waals surface area contributed by atoms with Crippen molar-refractivity contribution in [1.82, 2.24) is 0 Å². The second-order valence-electron chi connectivity index (χ2n) is 4.66. The van der Waals surface area contributed by atoms with Gasteiger partial charge in [0.25, 0.3) is 0 Å². The fourth-order valence-corrected chi connectivity index (χ4v) is 2.68. The van der Waals surface area contributed by atoms with Crippen LogP contribution in [0.1, 0.15) is 30.1 Å². The third-order valence-electron chi connectivity index (χ3n) is 3.21. The molecule has 1 nitrogen and oxygen atoms in total. The van der Waals surface area contributed by atoms with Crippen molar-refractivity contribution in [3.8, 4) is 0 Å². The third-order valence-corrected chi connectivity index (χ3v) is 4.02. The molecule has 1 N–H and O–H groups in total. The maximum atomic E-state index is 13.4. The molecule has 0 radical (unpaired) electrons. The van der Waals surface area contributed by atoms with Crippen LogP contribution in [-0.4, -0.2) is 5.11 Å². The average Bonchev–Trinajstić information content (AvgIpc) is 2.46. The van der Waals surface area contributed by atoms with Gasteiger partial charge in [-0.05, 0) is 52.4 Å². The predicted octanol–water partition coefficient (Wildman–Crippen LogP) is 4.78. The van der Waals surface area contributed by atoms with Crippen LogP contribution in [0.3, 0.4) is 0 Å². The zero-order valence-corrected chi connectivity index (χ0v) is 12.4. The van der Waals surface area contributed by atoms with Crippen LogP contribution >= 0.6 is 15.9 Å². The molecule has 0 bridgehead atoms. The van der Waals surface area contributed by atoms with Gasteiger partial charge in [0.2, 0.25) is 0 Å². The SMILES string of the molecule is OC(CCCc1ccccc1)c1ccc(F)c(F)c1Br. The minimum absolute atomic E-state index is 0.00436. The fourth-order valence-electron chi connectivity index (χ4n) is 2.10. The molecule has 0 aliphatic heterocycles. The summed E-state index contributed by atoms with van der Waals surface area (Å²) in [6.45, 7) is 0. The highest BCUT2D eigenvalue weighted by Gasteiger charge is 2.16. The quantitative estimate of drug-likeness (QED) is 0.776. The van der Waals surface area contributed by atoms with E-state index in [0.29, 0.717) is 12.0 Å². The minimum Gasteiger partial charge on any atom is -0.388 e. The number of aliphatic hydroxyl groups is 1. The maximum Gasteiger partial charge on any atom is 0.173 e. The Morgan fingerprint density at radius 1 is 1.05 bits per heavy atom. The van der Waals surface area contributed by atoms with E-state index in [0.717, 1.165) is 18.9 Å². The average molecular weight is 341 g/mol. The van der Waals surface area contributed by atoms with Crippen molar-refractivity contribution in [3.05, 3.63) is 69.7 Å². The van der Waals surface area contributed by atoms with Gasteiger partial charge in [0.1, 0.15) is 0 Å². The molecule has 0 saturated carbocycles. The Morgan fingerprint density at radius 3 is 2.45 bits per heavy atom. The molecular formula is C16H15BrF2O. The van der Waals surface area contributed by atoms with Crippen molar-refractivity contribution >= 4 is 15.9 Å². The number of halogens is 3. The van der Waals surface area contributed by atoms with E-state index >= 15 is 0 Å². The summed E-state index contributed by atoms with van der Waals surface area (Å²) in [6, 6.07) is 12.4. The molecule has 0 aliphatic carbocycles. The zero-order valence-electron chi connectivity index (χ0n) is 10.8. The van der Waals surface area contributed by atoms with Crippen LogP contribution in [0.2, 0.25) is 0 Å². The molecule has 0 spiro atoms. The van der Waals surface area contributed by atoms with Crippen LogP contribution in [0, 0.1) is 11.6 Å². The molecule has 0 saturated heterocycles. The van der Waals surface area contributed by atoms with Gasteiger partial charge in [0.15, 0.2) is 11.6 Å². The molecule has 2 aromatic carbocycles. The van der Waals surface area contributed by atoms with Crippen LogP contribution in [0.4, 0.5) is 8.78 Å². The first kappa shape index (κ1) is 15.1. The van der Waals surface area contributed by atoms with Crippen LogP contribution in [0.5, 0.6) is 0 Å². The first-order chi connectivity index (χ1) is 9.59.